The lowest BCUT2D eigenvalue weighted by molar-refractivity contribution is 0.0945. The normalized spacial score (nSPS) is 15.3. The van der Waals surface area contributed by atoms with E-state index in [9.17, 15) is 4.79 Å². The van der Waals surface area contributed by atoms with Crippen molar-refractivity contribution in [1.82, 2.24) is 10.3 Å². The molecule has 2 heterocycles. The first-order valence-electron chi connectivity index (χ1n) is 8.83. The Bertz CT molecular complexity index is 866. The third kappa shape index (κ3) is 3.68. The molecule has 1 saturated heterocycles. The Kier molecular flexibility index (Phi) is 4.80. The Hall–Kier alpha value is -2.53. The molecule has 26 heavy (non-hydrogen) atoms. The van der Waals surface area contributed by atoms with Crippen LogP contribution in [0.4, 0.5) is 6.01 Å². The maximum atomic E-state index is 12.2. The second kappa shape index (κ2) is 7.38. The molecule has 0 atom stereocenters. The first-order valence-corrected chi connectivity index (χ1v) is 9.21. The lowest BCUT2D eigenvalue weighted by Gasteiger charge is -2.30. The van der Waals surface area contributed by atoms with Crippen molar-refractivity contribution in [3.05, 3.63) is 59.1 Å². The average Bonchev–Trinajstić information content (AvgIpc) is 3.11. The molecule has 2 aromatic carbocycles. The fraction of sp³-hybridized carbons (Fsp3) is 0.300. The minimum absolute atomic E-state index is 0.0527. The van der Waals surface area contributed by atoms with E-state index < -0.39 is 0 Å². The predicted octanol–water partition coefficient (Wildman–Crippen LogP) is 4.13. The van der Waals surface area contributed by atoms with Crippen molar-refractivity contribution in [2.24, 2.45) is 5.92 Å². The molecule has 0 saturated carbocycles. The summed E-state index contributed by atoms with van der Waals surface area (Å²) in [5.41, 5.74) is 2.35. The highest BCUT2D eigenvalue weighted by Crippen LogP contribution is 2.26. The molecule has 1 N–H and O–H groups in total. The van der Waals surface area contributed by atoms with E-state index in [4.69, 9.17) is 16.0 Å². The summed E-state index contributed by atoms with van der Waals surface area (Å²) in [6.07, 6.45) is 2.00. The molecule has 4 rings (SSSR count). The summed E-state index contributed by atoms with van der Waals surface area (Å²) in [4.78, 5) is 18.9. The minimum Gasteiger partial charge on any atom is -0.423 e. The molecule has 0 spiro atoms. The summed E-state index contributed by atoms with van der Waals surface area (Å²) in [5.74, 6) is 0.412. The molecule has 0 bridgehead atoms. The van der Waals surface area contributed by atoms with Crippen molar-refractivity contribution in [2.75, 3.05) is 24.5 Å². The number of halogens is 1. The smallest absolute Gasteiger partial charge is 0.298 e. The van der Waals surface area contributed by atoms with Crippen LogP contribution in [0.3, 0.4) is 0 Å². The molecular formula is C20H20ClN3O2. The van der Waals surface area contributed by atoms with Gasteiger partial charge in [-0.2, -0.15) is 4.98 Å². The number of carbonyl (C=O) groups excluding carboxylic acids is 1. The van der Waals surface area contributed by atoms with E-state index in [-0.39, 0.29) is 5.91 Å². The van der Waals surface area contributed by atoms with Crippen molar-refractivity contribution in [1.29, 1.82) is 0 Å². The number of nitrogens with zero attached hydrogens (tertiary/aromatic N) is 2. The number of para-hydroxylation sites is 2. The van der Waals surface area contributed by atoms with E-state index in [0.717, 1.165) is 37.0 Å². The number of hydrogen-bond donors (Lipinski definition) is 1. The third-order valence-electron chi connectivity index (χ3n) is 4.83. The standard InChI is InChI=1S/C20H20ClN3O2/c21-16-7-5-15(6-8-16)19(25)22-13-14-9-11-24(12-10-14)20-23-17-3-1-2-4-18(17)26-20/h1-8,14H,9-13H2,(H,22,25). The molecule has 0 aliphatic carbocycles. The first kappa shape index (κ1) is 16.9. The number of amides is 1. The molecule has 134 valence electrons. The maximum absolute atomic E-state index is 12.2. The van der Waals surface area contributed by atoms with E-state index >= 15 is 0 Å². The summed E-state index contributed by atoms with van der Waals surface area (Å²) >= 11 is 5.86. The van der Waals surface area contributed by atoms with E-state index in [1.165, 1.54) is 0 Å². The molecule has 0 radical (unpaired) electrons. The zero-order chi connectivity index (χ0) is 17.9. The van der Waals surface area contributed by atoms with Crippen LogP contribution in [0.25, 0.3) is 11.1 Å². The molecule has 1 aliphatic rings. The Morgan fingerprint density at radius 2 is 1.88 bits per heavy atom. The number of piperidine rings is 1. The lowest BCUT2D eigenvalue weighted by atomic mass is 9.97. The van der Waals surface area contributed by atoms with Gasteiger partial charge in [0.05, 0.1) is 0 Å². The third-order valence-corrected chi connectivity index (χ3v) is 5.08. The van der Waals surface area contributed by atoms with Gasteiger partial charge in [0.25, 0.3) is 11.9 Å². The summed E-state index contributed by atoms with van der Waals surface area (Å²) in [5, 5.41) is 3.66. The van der Waals surface area contributed by atoms with E-state index in [1.807, 2.05) is 24.3 Å². The van der Waals surface area contributed by atoms with Crippen LogP contribution >= 0.6 is 11.6 Å². The number of nitrogens with one attached hydrogen (secondary N) is 1. The van der Waals surface area contributed by atoms with E-state index in [0.29, 0.717) is 29.1 Å². The first-order chi connectivity index (χ1) is 12.7. The lowest BCUT2D eigenvalue weighted by Crippen LogP contribution is -2.38. The van der Waals surface area contributed by atoms with E-state index in [2.05, 4.69) is 15.2 Å². The van der Waals surface area contributed by atoms with Crippen molar-refractivity contribution in [3.63, 3.8) is 0 Å². The van der Waals surface area contributed by atoms with Crippen LogP contribution in [-0.4, -0.2) is 30.5 Å². The second-order valence-electron chi connectivity index (χ2n) is 6.61. The molecule has 5 nitrogen and oxygen atoms in total. The van der Waals surface area contributed by atoms with Gasteiger partial charge >= 0.3 is 0 Å². The zero-order valence-electron chi connectivity index (χ0n) is 14.3. The van der Waals surface area contributed by atoms with E-state index in [1.54, 1.807) is 24.3 Å². The van der Waals surface area contributed by atoms with Gasteiger partial charge in [0.1, 0.15) is 5.52 Å². The van der Waals surface area contributed by atoms with Crippen LogP contribution in [0.2, 0.25) is 5.02 Å². The monoisotopic (exact) mass is 369 g/mol. The summed E-state index contributed by atoms with van der Waals surface area (Å²) in [6.45, 7) is 2.45. The molecule has 6 heteroatoms. The van der Waals surface area contributed by atoms with Crippen LogP contribution < -0.4 is 10.2 Å². The molecule has 0 unspecified atom stereocenters. The van der Waals surface area contributed by atoms with Gasteiger partial charge in [-0.05, 0) is 55.2 Å². The number of carbonyl (C=O) groups is 1. The van der Waals surface area contributed by atoms with Gasteiger partial charge in [-0.3, -0.25) is 4.79 Å². The molecule has 1 aliphatic heterocycles. The highest BCUT2D eigenvalue weighted by Gasteiger charge is 2.23. The highest BCUT2D eigenvalue weighted by molar-refractivity contribution is 6.30. The van der Waals surface area contributed by atoms with Crippen molar-refractivity contribution in [2.45, 2.75) is 12.8 Å². The number of benzene rings is 2. The Morgan fingerprint density at radius 3 is 2.62 bits per heavy atom. The van der Waals surface area contributed by atoms with Crippen molar-refractivity contribution in [3.8, 4) is 0 Å². The summed E-state index contributed by atoms with van der Waals surface area (Å²) < 4.78 is 5.84. The zero-order valence-corrected chi connectivity index (χ0v) is 15.1. The Morgan fingerprint density at radius 1 is 1.15 bits per heavy atom. The number of oxazole rings is 1. The number of rotatable bonds is 4. The predicted molar refractivity (Wildman–Crippen MR) is 103 cm³/mol. The highest BCUT2D eigenvalue weighted by atomic mass is 35.5. The summed E-state index contributed by atoms with van der Waals surface area (Å²) in [7, 11) is 0. The van der Waals surface area contributed by atoms with Crippen LogP contribution in [0.1, 0.15) is 23.2 Å². The van der Waals surface area contributed by atoms with Gasteiger partial charge in [-0.1, -0.05) is 23.7 Å². The largest absolute Gasteiger partial charge is 0.423 e. The Labute approximate surface area is 157 Å². The second-order valence-corrected chi connectivity index (χ2v) is 7.05. The van der Waals surface area contributed by atoms with Crippen LogP contribution in [0, 0.1) is 5.92 Å². The molecular weight excluding hydrogens is 350 g/mol. The topological polar surface area (TPSA) is 58.4 Å². The molecule has 1 aromatic heterocycles. The molecule has 1 fully saturated rings. The molecule has 3 aromatic rings. The number of hydrogen-bond acceptors (Lipinski definition) is 4. The number of anilines is 1. The van der Waals surface area contributed by atoms with Gasteiger partial charge in [-0.15, -0.1) is 0 Å². The fourth-order valence-corrected chi connectivity index (χ4v) is 3.39. The maximum Gasteiger partial charge on any atom is 0.298 e. The van der Waals surface area contributed by atoms with Crippen LogP contribution in [0.15, 0.2) is 52.9 Å². The SMILES string of the molecule is O=C(NCC1CCN(c2nc3ccccc3o2)CC1)c1ccc(Cl)cc1. The van der Waals surface area contributed by atoms with Gasteiger partial charge < -0.3 is 14.6 Å². The fourth-order valence-electron chi connectivity index (χ4n) is 3.26. The van der Waals surface area contributed by atoms with Crippen molar-refractivity contribution < 1.29 is 9.21 Å². The summed E-state index contributed by atoms with van der Waals surface area (Å²) in [6, 6.07) is 15.4. The Balaban J connectivity index is 1.29. The number of aromatic nitrogens is 1. The van der Waals surface area contributed by atoms with Gasteiger partial charge in [0.15, 0.2) is 5.58 Å². The average molecular weight is 370 g/mol. The van der Waals surface area contributed by atoms with Gasteiger partial charge in [0, 0.05) is 30.2 Å². The quantitative estimate of drug-likeness (QED) is 0.751. The van der Waals surface area contributed by atoms with Crippen molar-refractivity contribution >= 4 is 34.6 Å². The van der Waals surface area contributed by atoms with Crippen LogP contribution in [-0.2, 0) is 0 Å². The minimum atomic E-state index is -0.0527. The number of fused-ring (bicyclic) bond motifs is 1. The van der Waals surface area contributed by atoms with Gasteiger partial charge in [-0.25, -0.2) is 0 Å². The van der Waals surface area contributed by atoms with Gasteiger partial charge in [0.2, 0.25) is 0 Å². The van der Waals surface area contributed by atoms with Crippen LogP contribution in [0.5, 0.6) is 0 Å². The molecule has 1 amide bonds.